The predicted molar refractivity (Wildman–Crippen MR) is 106 cm³/mol. The third kappa shape index (κ3) is 5.74. The fourth-order valence-electron chi connectivity index (χ4n) is 2.29. The van der Waals surface area contributed by atoms with Crippen molar-refractivity contribution in [1.29, 1.82) is 0 Å². The van der Waals surface area contributed by atoms with Gasteiger partial charge >= 0.3 is 0 Å². The first-order valence-corrected chi connectivity index (χ1v) is 10.3. The number of nitrogens with one attached hydrogen (secondary N) is 1. The third-order valence-electron chi connectivity index (χ3n) is 3.51. The smallest absolute Gasteiger partial charge is 0.248 e. The van der Waals surface area contributed by atoms with Gasteiger partial charge in [-0.3, -0.25) is 4.79 Å². The highest BCUT2D eigenvalue weighted by Gasteiger charge is 2.11. The van der Waals surface area contributed by atoms with Crippen molar-refractivity contribution in [1.82, 2.24) is 0 Å². The van der Waals surface area contributed by atoms with Gasteiger partial charge in [0.05, 0.1) is 23.6 Å². The highest BCUT2D eigenvalue weighted by Crippen LogP contribution is 2.36. The van der Waals surface area contributed by atoms with Crippen molar-refractivity contribution in [2.45, 2.75) is 11.8 Å². The molecule has 0 aliphatic rings. The van der Waals surface area contributed by atoms with Gasteiger partial charge in [0.15, 0.2) is 21.3 Å². The highest BCUT2D eigenvalue weighted by atomic mass is 35.5. The lowest BCUT2D eigenvalue weighted by Gasteiger charge is -2.11. The fraction of sp³-hybridized carbons (Fsp3) is 0.211. The largest absolute Gasteiger partial charge is 0.491 e. The summed E-state index contributed by atoms with van der Waals surface area (Å²) in [6, 6.07) is 9.31. The van der Waals surface area contributed by atoms with Gasteiger partial charge in [0.25, 0.3) is 0 Å². The van der Waals surface area contributed by atoms with Gasteiger partial charge in [-0.15, -0.1) is 0 Å². The average molecular weight is 410 g/mol. The highest BCUT2D eigenvalue weighted by molar-refractivity contribution is 7.90. The van der Waals surface area contributed by atoms with Crippen LogP contribution in [0.1, 0.15) is 12.5 Å². The minimum absolute atomic E-state index is 0.187. The molecule has 0 radical (unpaired) electrons. The van der Waals surface area contributed by atoms with Crippen LogP contribution in [0.2, 0.25) is 5.02 Å². The van der Waals surface area contributed by atoms with Gasteiger partial charge in [0, 0.05) is 18.0 Å². The first-order valence-electron chi connectivity index (χ1n) is 8.04. The lowest BCUT2D eigenvalue weighted by Crippen LogP contribution is -2.08. The van der Waals surface area contributed by atoms with Crippen LogP contribution in [0.15, 0.2) is 47.4 Å². The molecule has 8 heteroatoms. The van der Waals surface area contributed by atoms with Crippen LogP contribution in [0.25, 0.3) is 6.08 Å². The van der Waals surface area contributed by atoms with Crippen LogP contribution in [-0.4, -0.2) is 34.3 Å². The minimum Gasteiger partial charge on any atom is -0.491 e. The fourth-order valence-corrected chi connectivity index (χ4v) is 3.21. The molecule has 0 aromatic heterocycles. The Morgan fingerprint density at radius 2 is 1.89 bits per heavy atom. The number of rotatable bonds is 7. The number of ether oxygens (including phenoxy) is 2. The summed E-state index contributed by atoms with van der Waals surface area (Å²) >= 11 is 6.18. The quantitative estimate of drug-likeness (QED) is 0.703. The number of sulfone groups is 1. The Morgan fingerprint density at radius 3 is 2.44 bits per heavy atom. The third-order valence-corrected chi connectivity index (χ3v) is 4.92. The first kappa shape index (κ1) is 20.8. The molecular formula is C19H20ClNO5S. The summed E-state index contributed by atoms with van der Waals surface area (Å²) in [4.78, 5) is 12.3. The molecule has 0 saturated heterocycles. The Bertz CT molecular complexity index is 953. The van der Waals surface area contributed by atoms with Crippen LogP contribution < -0.4 is 14.8 Å². The van der Waals surface area contributed by atoms with E-state index in [0.29, 0.717) is 34.4 Å². The number of hydrogen-bond donors (Lipinski definition) is 1. The van der Waals surface area contributed by atoms with Crippen molar-refractivity contribution < 1.29 is 22.7 Å². The zero-order valence-corrected chi connectivity index (χ0v) is 16.7. The Labute approximate surface area is 163 Å². The van der Waals surface area contributed by atoms with E-state index >= 15 is 0 Å². The van der Waals surface area contributed by atoms with E-state index in [0.717, 1.165) is 6.26 Å². The van der Waals surface area contributed by atoms with Crippen molar-refractivity contribution in [3.63, 3.8) is 0 Å². The molecule has 2 rings (SSSR count). The number of carbonyl (C=O) groups excluding carboxylic acids is 1. The predicted octanol–water partition coefficient (Wildman–Crippen LogP) is 3.80. The van der Waals surface area contributed by atoms with Gasteiger partial charge < -0.3 is 14.8 Å². The molecule has 0 spiro atoms. The molecule has 0 unspecified atom stereocenters. The Balaban J connectivity index is 2.12. The molecule has 0 aliphatic heterocycles. The van der Waals surface area contributed by atoms with Crippen molar-refractivity contribution in [2.75, 3.05) is 25.3 Å². The van der Waals surface area contributed by atoms with E-state index in [9.17, 15) is 13.2 Å². The number of halogens is 1. The van der Waals surface area contributed by atoms with Gasteiger partial charge in [-0.25, -0.2) is 8.42 Å². The van der Waals surface area contributed by atoms with Crippen LogP contribution >= 0.6 is 11.6 Å². The molecule has 1 N–H and O–H groups in total. The van der Waals surface area contributed by atoms with Crippen molar-refractivity contribution in [3.8, 4) is 11.5 Å². The van der Waals surface area contributed by atoms with E-state index in [4.69, 9.17) is 21.1 Å². The Kier molecular flexibility index (Phi) is 6.87. The summed E-state index contributed by atoms with van der Waals surface area (Å²) in [6.45, 7) is 2.29. The number of benzene rings is 2. The second-order valence-electron chi connectivity index (χ2n) is 5.59. The van der Waals surface area contributed by atoms with Gasteiger partial charge in [0.1, 0.15) is 0 Å². The molecule has 0 atom stereocenters. The number of amides is 1. The van der Waals surface area contributed by atoms with E-state index in [1.54, 1.807) is 18.2 Å². The molecule has 2 aromatic carbocycles. The van der Waals surface area contributed by atoms with Crippen LogP contribution in [-0.2, 0) is 14.6 Å². The number of anilines is 1. The maximum absolute atomic E-state index is 12.1. The molecule has 2 aromatic rings. The van der Waals surface area contributed by atoms with Gasteiger partial charge in [-0.05, 0) is 55.0 Å². The standard InChI is InChI=1S/C19H20ClNO5S/c1-4-26-17-12-13(11-16(20)19(17)25-2)5-10-18(22)21-14-6-8-15(9-7-14)27(3,23)24/h5-12H,4H2,1-3H3,(H,21,22)/b10-5+. The summed E-state index contributed by atoms with van der Waals surface area (Å²) in [5, 5.41) is 3.03. The molecule has 0 bridgehead atoms. The van der Waals surface area contributed by atoms with Crippen LogP contribution in [0.4, 0.5) is 5.69 Å². The van der Waals surface area contributed by atoms with Crippen LogP contribution in [0.5, 0.6) is 11.5 Å². The number of methoxy groups -OCH3 is 1. The molecule has 0 fully saturated rings. The topological polar surface area (TPSA) is 81.7 Å². The van der Waals surface area contributed by atoms with E-state index < -0.39 is 9.84 Å². The van der Waals surface area contributed by atoms with E-state index in [-0.39, 0.29) is 10.8 Å². The SMILES string of the molecule is CCOc1cc(/C=C/C(=O)Nc2ccc(S(C)(=O)=O)cc2)cc(Cl)c1OC. The zero-order chi connectivity index (χ0) is 20.0. The molecule has 144 valence electrons. The molecule has 27 heavy (non-hydrogen) atoms. The molecule has 0 saturated carbocycles. The molecular weight excluding hydrogens is 390 g/mol. The Morgan fingerprint density at radius 1 is 1.22 bits per heavy atom. The lowest BCUT2D eigenvalue weighted by atomic mass is 10.2. The van der Waals surface area contributed by atoms with Crippen LogP contribution in [0, 0.1) is 0 Å². The van der Waals surface area contributed by atoms with E-state index in [1.165, 1.54) is 37.5 Å². The normalized spacial score (nSPS) is 11.4. The summed E-state index contributed by atoms with van der Waals surface area (Å²) in [7, 11) is -1.77. The summed E-state index contributed by atoms with van der Waals surface area (Å²) in [5.41, 5.74) is 1.16. The van der Waals surface area contributed by atoms with Gasteiger partial charge in [-0.1, -0.05) is 11.6 Å². The first-order chi connectivity index (χ1) is 12.7. The van der Waals surface area contributed by atoms with Crippen molar-refractivity contribution in [3.05, 3.63) is 53.1 Å². The minimum atomic E-state index is -3.27. The van der Waals surface area contributed by atoms with E-state index in [2.05, 4.69) is 5.32 Å². The molecule has 1 amide bonds. The number of carbonyl (C=O) groups is 1. The average Bonchev–Trinajstić information content (AvgIpc) is 2.60. The summed E-state index contributed by atoms with van der Waals surface area (Å²) in [5.74, 6) is 0.557. The van der Waals surface area contributed by atoms with Crippen LogP contribution in [0.3, 0.4) is 0 Å². The van der Waals surface area contributed by atoms with Crippen molar-refractivity contribution >= 4 is 39.1 Å². The molecule has 0 heterocycles. The summed E-state index contributed by atoms with van der Waals surface area (Å²) < 4.78 is 33.6. The van der Waals surface area contributed by atoms with E-state index in [1.807, 2.05) is 6.92 Å². The molecule has 0 aliphatic carbocycles. The molecule has 6 nitrogen and oxygen atoms in total. The lowest BCUT2D eigenvalue weighted by molar-refractivity contribution is -0.111. The second kappa shape index (κ2) is 8.92. The second-order valence-corrected chi connectivity index (χ2v) is 8.01. The monoisotopic (exact) mass is 409 g/mol. The number of hydrogen-bond acceptors (Lipinski definition) is 5. The zero-order valence-electron chi connectivity index (χ0n) is 15.2. The maximum atomic E-state index is 12.1. The summed E-state index contributed by atoms with van der Waals surface area (Å²) in [6.07, 6.45) is 4.06. The van der Waals surface area contributed by atoms with Gasteiger partial charge in [0.2, 0.25) is 5.91 Å². The van der Waals surface area contributed by atoms with Crippen molar-refractivity contribution in [2.24, 2.45) is 0 Å². The maximum Gasteiger partial charge on any atom is 0.248 e. The van der Waals surface area contributed by atoms with Gasteiger partial charge in [-0.2, -0.15) is 0 Å². The Hall–Kier alpha value is -2.51.